The molecule has 42 valence electrons. The first-order chi connectivity index (χ1) is 3.39. The van der Waals surface area contributed by atoms with E-state index in [1.54, 1.807) is 0 Å². The third-order valence-electron chi connectivity index (χ3n) is 0.731. The zero-order chi connectivity index (χ0) is 5.11. The first-order valence-corrected chi connectivity index (χ1v) is 6.19. The van der Waals surface area contributed by atoms with Gasteiger partial charge in [-0.2, -0.15) is 0 Å². The van der Waals surface area contributed by atoms with Crippen molar-refractivity contribution in [2.24, 2.45) is 0 Å². The lowest BCUT2D eigenvalue weighted by Gasteiger charge is -2.10. The molecular formula is C3H7OPS2. The average molecular weight is 154 g/mol. The minimum atomic E-state index is -0.0791. The van der Waals surface area contributed by atoms with Crippen LogP contribution >= 0.6 is 7.78 Å². The van der Waals surface area contributed by atoms with Crippen LogP contribution in [0.1, 0.15) is 6.42 Å². The predicted molar refractivity (Wildman–Crippen MR) is 38.5 cm³/mol. The van der Waals surface area contributed by atoms with Crippen molar-refractivity contribution in [3.05, 3.63) is 0 Å². The Labute approximate surface area is 52.1 Å². The van der Waals surface area contributed by atoms with Crippen LogP contribution in [0, 0.1) is 0 Å². The van der Waals surface area contributed by atoms with E-state index in [4.69, 9.17) is 15.4 Å². The molecule has 0 aromatic carbocycles. The molecule has 0 aromatic rings. The van der Waals surface area contributed by atoms with Gasteiger partial charge in [-0.15, -0.1) is 0 Å². The summed E-state index contributed by atoms with van der Waals surface area (Å²) in [4.78, 5) is 0. The van der Waals surface area contributed by atoms with Crippen LogP contribution in [0.2, 0.25) is 0 Å². The van der Waals surface area contributed by atoms with Crippen LogP contribution in [0.25, 0.3) is 0 Å². The lowest BCUT2D eigenvalue weighted by atomic mass is 10.5. The SMILES string of the molecule is S=S1OCCCP1. The Balaban J connectivity index is 2.25. The molecule has 1 rings (SSSR count). The van der Waals surface area contributed by atoms with Crippen LogP contribution in [0.4, 0.5) is 0 Å². The summed E-state index contributed by atoms with van der Waals surface area (Å²) in [5.41, 5.74) is 0. The molecule has 1 aliphatic rings. The van der Waals surface area contributed by atoms with E-state index < -0.39 is 0 Å². The summed E-state index contributed by atoms with van der Waals surface area (Å²) < 4.78 is 5.13. The molecule has 0 N–H and O–H groups in total. The van der Waals surface area contributed by atoms with Crippen molar-refractivity contribution >= 4 is 28.3 Å². The van der Waals surface area contributed by atoms with Gasteiger partial charge in [-0.3, -0.25) is 0 Å². The highest BCUT2D eigenvalue weighted by Gasteiger charge is 2.01. The maximum Gasteiger partial charge on any atom is 0.0624 e. The normalized spacial score (nSPS) is 36.3. The first-order valence-electron chi connectivity index (χ1n) is 2.18. The lowest BCUT2D eigenvalue weighted by molar-refractivity contribution is 0.371. The Hall–Kier alpha value is 0.960. The maximum absolute atomic E-state index is 5.13. The van der Waals surface area contributed by atoms with E-state index in [1.165, 1.54) is 12.6 Å². The quantitative estimate of drug-likeness (QED) is 0.481. The van der Waals surface area contributed by atoms with Gasteiger partial charge in [-0.05, 0) is 31.6 Å². The third kappa shape index (κ3) is 2.13. The highest BCUT2D eigenvalue weighted by Crippen LogP contribution is 2.23. The van der Waals surface area contributed by atoms with E-state index in [9.17, 15) is 0 Å². The van der Waals surface area contributed by atoms with Crippen molar-refractivity contribution in [2.45, 2.75) is 6.42 Å². The predicted octanol–water partition coefficient (Wildman–Crippen LogP) is 0.995. The van der Waals surface area contributed by atoms with E-state index in [-0.39, 0.29) is 9.35 Å². The zero-order valence-corrected chi connectivity index (χ0v) is 6.48. The van der Waals surface area contributed by atoms with E-state index in [0.29, 0.717) is 0 Å². The smallest absolute Gasteiger partial charge is 0.0624 e. The Morgan fingerprint density at radius 2 is 2.57 bits per heavy atom. The monoisotopic (exact) mass is 154 g/mol. The fourth-order valence-electron chi connectivity index (χ4n) is 0.404. The fraction of sp³-hybridized carbons (Fsp3) is 1.00. The first kappa shape index (κ1) is 6.09. The van der Waals surface area contributed by atoms with E-state index in [1.807, 2.05) is 0 Å². The molecule has 2 atom stereocenters. The van der Waals surface area contributed by atoms with Gasteiger partial charge in [-0.1, -0.05) is 0 Å². The summed E-state index contributed by atoms with van der Waals surface area (Å²) in [7, 11) is 0.817. The molecule has 0 amide bonds. The van der Waals surface area contributed by atoms with Gasteiger partial charge in [0.1, 0.15) is 0 Å². The van der Waals surface area contributed by atoms with E-state index >= 15 is 0 Å². The Kier molecular flexibility index (Phi) is 2.68. The topological polar surface area (TPSA) is 9.23 Å². The van der Waals surface area contributed by atoms with Crippen molar-refractivity contribution in [3.8, 4) is 0 Å². The van der Waals surface area contributed by atoms with Crippen LogP contribution in [-0.2, 0) is 24.7 Å². The largest absolute Gasteiger partial charge is 0.309 e. The van der Waals surface area contributed by atoms with Gasteiger partial charge in [0.2, 0.25) is 0 Å². The van der Waals surface area contributed by atoms with Gasteiger partial charge in [-0.25, -0.2) is 0 Å². The van der Waals surface area contributed by atoms with Crippen molar-refractivity contribution in [3.63, 3.8) is 0 Å². The molecule has 0 spiro atoms. The molecule has 0 bridgehead atoms. The molecule has 0 saturated carbocycles. The highest BCUT2D eigenvalue weighted by molar-refractivity contribution is 8.59. The second kappa shape index (κ2) is 3.08. The van der Waals surface area contributed by atoms with E-state index in [0.717, 1.165) is 14.4 Å². The Morgan fingerprint density at radius 3 is 2.86 bits per heavy atom. The van der Waals surface area contributed by atoms with Crippen LogP contribution in [0.15, 0.2) is 0 Å². The molecule has 2 unspecified atom stereocenters. The van der Waals surface area contributed by atoms with Crippen molar-refractivity contribution < 1.29 is 4.18 Å². The fourth-order valence-corrected chi connectivity index (χ4v) is 3.60. The molecule has 0 aliphatic carbocycles. The highest BCUT2D eigenvalue weighted by atomic mass is 33.1. The molecule has 1 aliphatic heterocycles. The third-order valence-corrected chi connectivity index (χ3v) is 4.93. The van der Waals surface area contributed by atoms with Gasteiger partial charge in [0, 0.05) is 9.35 Å². The maximum atomic E-state index is 5.13. The summed E-state index contributed by atoms with van der Waals surface area (Å²) in [5.74, 6) is 0. The minimum absolute atomic E-state index is 0.0791. The summed E-state index contributed by atoms with van der Waals surface area (Å²) in [5, 5.41) is 0. The average Bonchev–Trinajstić information content (AvgIpc) is 1.69. The summed E-state index contributed by atoms with van der Waals surface area (Å²) in [6, 6.07) is 0. The van der Waals surface area contributed by atoms with Crippen molar-refractivity contribution in [2.75, 3.05) is 12.8 Å². The second-order valence-corrected chi connectivity index (χ2v) is 6.57. The number of hydrogen-bond donors (Lipinski definition) is 0. The van der Waals surface area contributed by atoms with Crippen LogP contribution < -0.4 is 0 Å². The van der Waals surface area contributed by atoms with Gasteiger partial charge < -0.3 is 4.18 Å². The Morgan fingerprint density at radius 1 is 1.71 bits per heavy atom. The van der Waals surface area contributed by atoms with Gasteiger partial charge >= 0.3 is 0 Å². The summed E-state index contributed by atoms with van der Waals surface area (Å²) in [6.07, 6.45) is 2.52. The van der Waals surface area contributed by atoms with Crippen LogP contribution in [0.3, 0.4) is 0 Å². The molecule has 4 heteroatoms. The second-order valence-electron chi connectivity index (χ2n) is 1.30. The van der Waals surface area contributed by atoms with Gasteiger partial charge in [0.15, 0.2) is 0 Å². The molecule has 1 fully saturated rings. The number of hydrogen-bond acceptors (Lipinski definition) is 2. The van der Waals surface area contributed by atoms with E-state index in [2.05, 4.69) is 0 Å². The molecule has 1 heterocycles. The zero-order valence-electron chi connectivity index (χ0n) is 3.85. The van der Waals surface area contributed by atoms with Gasteiger partial charge in [0.25, 0.3) is 0 Å². The molecular weight excluding hydrogens is 147 g/mol. The molecule has 0 aromatic heterocycles. The minimum Gasteiger partial charge on any atom is -0.309 e. The van der Waals surface area contributed by atoms with Crippen LogP contribution in [0.5, 0.6) is 0 Å². The molecule has 7 heavy (non-hydrogen) atoms. The van der Waals surface area contributed by atoms with Crippen molar-refractivity contribution in [1.29, 1.82) is 0 Å². The Bertz CT molecular complexity index is 77.0. The summed E-state index contributed by atoms with van der Waals surface area (Å²) >= 11 is 4.91. The molecule has 1 nitrogen and oxygen atoms in total. The summed E-state index contributed by atoms with van der Waals surface area (Å²) in [6.45, 7) is 0.902. The van der Waals surface area contributed by atoms with Gasteiger partial charge in [0.05, 0.1) is 6.61 Å². The van der Waals surface area contributed by atoms with Crippen molar-refractivity contribution in [1.82, 2.24) is 0 Å². The lowest BCUT2D eigenvalue weighted by Crippen LogP contribution is -2.01. The molecule has 0 radical (unpaired) electrons. The number of rotatable bonds is 0. The molecule has 1 saturated heterocycles. The van der Waals surface area contributed by atoms with Crippen LogP contribution in [-0.4, -0.2) is 12.8 Å². The standard InChI is InChI=1S/C3H7OPS2/c6-7-4-2-1-3-5-7/h5H,1-3H2.